The van der Waals surface area contributed by atoms with Crippen molar-refractivity contribution in [3.8, 4) is 0 Å². The van der Waals surface area contributed by atoms with Gasteiger partial charge in [0.25, 0.3) is 0 Å². The van der Waals surface area contributed by atoms with Crippen molar-refractivity contribution in [3.63, 3.8) is 0 Å². The molecule has 0 amide bonds. The van der Waals surface area contributed by atoms with E-state index in [-0.39, 0.29) is 16.9 Å². The molecule has 1 aromatic carbocycles. The fourth-order valence-corrected chi connectivity index (χ4v) is 3.26. The molecule has 0 aliphatic heterocycles. The summed E-state index contributed by atoms with van der Waals surface area (Å²) in [5.74, 6) is -1.05. The van der Waals surface area contributed by atoms with Gasteiger partial charge in [0.2, 0.25) is 0 Å². The molecule has 2 N–H and O–H groups in total. The predicted octanol–water partition coefficient (Wildman–Crippen LogP) is 2.15. The number of hydrogen-bond acceptors (Lipinski definition) is 4. The minimum absolute atomic E-state index is 0.0830. The van der Waals surface area contributed by atoms with Crippen LogP contribution in [-0.2, 0) is 14.6 Å². The summed E-state index contributed by atoms with van der Waals surface area (Å²) in [6.45, 7) is 0. The summed E-state index contributed by atoms with van der Waals surface area (Å²) in [7, 11) is -3.22. The number of carbonyl (C=O) groups is 1. The first kappa shape index (κ1) is 14.8. The Balaban J connectivity index is 2.08. The number of sulfone groups is 1. The van der Waals surface area contributed by atoms with Crippen molar-refractivity contribution in [1.82, 2.24) is 0 Å². The minimum Gasteiger partial charge on any atom is -0.481 e. The first-order valence-electron chi connectivity index (χ1n) is 6.66. The number of benzene rings is 1. The summed E-state index contributed by atoms with van der Waals surface area (Å²) in [5.41, 5.74) is 0.726. The van der Waals surface area contributed by atoms with Gasteiger partial charge in [-0.2, -0.15) is 0 Å². The Morgan fingerprint density at radius 3 is 2.75 bits per heavy atom. The van der Waals surface area contributed by atoms with Crippen LogP contribution in [0.15, 0.2) is 29.2 Å². The van der Waals surface area contributed by atoms with Crippen molar-refractivity contribution in [2.75, 3.05) is 11.6 Å². The smallest absolute Gasteiger partial charge is 0.306 e. The van der Waals surface area contributed by atoms with E-state index in [9.17, 15) is 13.2 Å². The lowest BCUT2D eigenvalue weighted by molar-refractivity contribution is -0.142. The molecule has 1 saturated carbocycles. The molecule has 1 aromatic rings. The summed E-state index contributed by atoms with van der Waals surface area (Å²) >= 11 is 0. The van der Waals surface area contributed by atoms with Crippen LogP contribution < -0.4 is 5.32 Å². The molecule has 1 aliphatic carbocycles. The number of hydrogen-bond donors (Lipinski definition) is 2. The highest BCUT2D eigenvalue weighted by Crippen LogP contribution is 2.27. The van der Waals surface area contributed by atoms with Crippen LogP contribution in [0.5, 0.6) is 0 Å². The summed E-state index contributed by atoms with van der Waals surface area (Å²) in [6.07, 6.45) is 4.26. The molecule has 2 rings (SSSR count). The van der Waals surface area contributed by atoms with Gasteiger partial charge in [-0.15, -0.1) is 0 Å². The maximum Gasteiger partial charge on any atom is 0.306 e. The van der Waals surface area contributed by atoms with Gasteiger partial charge in [-0.05, 0) is 37.5 Å². The van der Waals surface area contributed by atoms with E-state index in [1.165, 1.54) is 6.26 Å². The molecule has 110 valence electrons. The van der Waals surface area contributed by atoms with Gasteiger partial charge in [0.1, 0.15) is 0 Å². The lowest BCUT2D eigenvalue weighted by Crippen LogP contribution is -2.30. The van der Waals surface area contributed by atoms with Crippen molar-refractivity contribution in [2.24, 2.45) is 5.92 Å². The average Bonchev–Trinajstić information content (AvgIpc) is 2.38. The van der Waals surface area contributed by atoms with Crippen molar-refractivity contribution in [1.29, 1.82) is 0 Å². The third-order valence-electron chi connectivity index (χ3n) is 3.66. The Labute approximate surface area is 118 Å². The van der Waals surface area contributed by atoms with Crippen LogP contribution in [0.2, 0.25) is 0 Å². The van der Waals surface area contributed by atoms with Gasteiger partial charge in [-0.1, -0.05) is 12.5 Å². The van der Waals surface area contributed by atoms with E-state index >= 15 is 0 Å². The molecule has 1 aliphatic rings. The summed E-state index contributed by atoms with van der Waals surface area (Å²) < 4.78 is 23.0. The summed E-state index contributed by atoms with van der Waals surface area (Å²) in [5, 5.41) is 12.3. The number of carboxylic acids is 1. The Morgan fingerprint density at radius 1 is 1.35 bits per heavy atom. The largest absolute Gasteiger partial charge is 0.481 e. The number of carboxylic acid groups (broad SMARTS) is 1. The predicted molar refractivity (Wildman–Crippen MR) is 76.6 cm³/mol. The normalized spacial score (nSPS) is 23.2. The van der Waals surface area contributed by atoms with E-state index in [0.717, 1.165) is 24.9 Å². The Morgan fingerprint density at radius 2 is 2.10 bits per heavy atom. The molecule has 2 unspecified atom stereocenters. The molecule has 2 atom stereocenters. The Hall–Kier alpha value is -1.56. The van der Waals surface area contributed by atoms with Crippen LogP contribution >= 0.6 is 0 Å². The summed E-state index contributed by atoms with van der Waals surface area (Å²) in [4.78, 5) is 11.3. The molecule has 0 saturated heterocycles. The highest BCUT2D eigenvalue weighted by molar-refractivity contribution is 7.90. The lowest BCUT2D eigenvalue weighted by atomic mass is 9.85. The first-order chi connectivity index (χ1) is 9.36. The van der Waals surface area contributed by atoms with Gasteiger partial charge in [0, 0.05) is 18.0 Å². The highest BCUT2D eigenvalue weighted by Gasteiger charge is 2.26. The third-order valence-corrected chi connectivity index (χ3v) is 4.77. The van der Waals surface area contributed by atoms with Gasteiger partial charge in [-0.3, -0.25) is 4.79 Å². The van der Waals surface area contributed by atoms with Crippen molar-refractivity contribution < 1.29 is 18.3 Å². The highest BCUT2D eigenvalue weighted by atomic mass is 32.2. The molecule has 6 heteroatoms. The minimum atomic E-state index is -3.22. The molecule has 5 nitrogen and oxygen atoms in total. The molecule has 0 spiro atoms. The monoisotopic (exact) mass is 297 g/mol. The first-order valence-corrected chi connectivity index (χ1v) is 8.55. The van der Waals surface area contributed by atoms with Gasteiger partial charge in [-0.25, -0.2) is 8.42 Å². The van der Waals surface area contributed by atoms with Crippen LogP contribution in [0.25, 0.3) is 0 Å². The second kappa shape index (κ2) is 5.83. The van der Waals surface area contributed by atoms with Crippen LogP contribution in [0.1, 0.15) is 25.7 Å². The Bertz CT molecular complexity index is 597. The van der Waals surface area contributed by atoms with Crippen LogP contribution in [-0.4, -0.2) is 31.8 Å². The standard InChI is InChI=1S/C14H19NO4S/c1-20(18,19)13-7-3-6-12(9-13)15-11-5-2-4-10(8-11)14(16)17/h3,6-7,9-11,15H,2,4-5,8H2,1H3,(H,16,17). The molecule has 0 heterocycles. The second-order valence-corrected chi connectivity index (χ2v) is 7.36. The number of rotatable bonds is 4. The molecule has 0 aromatic heterocycles. The zero-order valence-corrected chi connectivity index (χ0v) is 12.2. The quantitative estimate of drug-likeness (QED) is 0.889. The van der Waals surface area contributed by atoms with E-state index in [0.29, 0.717) is 6.42 Å². The van der Waals surface area contributed by atoms with E-state index in [4.69, 9.17) is 5.11 Å². The molecular formula is C14H19NO4S. The zero-order valence-electron chi connectivity index (χ0n) is 11.4. The van der Waals surface area contributed by atoms with Crippen molar-refractivity contribution in [3.05, 3.63) is 24.3 Å². The van der Waals surface area contributed by atoms with Gasteiger partial charge in [0.15, 0.2) is 9.84 Å². The fourth-order valence-electron chi connectivity index (χ4n) is 2.60. The van der Waals surface area contributed by atoms with Gasteiger partial charge < -0.3 is 10.4 Å². The van der Waals surface area contributed by atoms with Crippen LogP contribution in [0.4, 0.5) is 5.69 Å². The number of nitrogens with one attached hydrogen (secondary N) is 1. The van der Waals surface area contributed by atoms with Crippen LogP contribution in [0.3, 0.4) is 0 Å². The van der Waals surface area contributed by atoms with Crippen molar-refractivity contribution in [2.45, 2.75) is 36.6 Å². The van der Waals surface area contributed by atoms with E-state index in [1.54, 1.807) is 24.3 Å². The average molecular weight is 297 g/mol. The lowest BCUT2D eigenvalue weighted by Gasteiger charge is -2.28. The second-order valence-electron chi connectivity index (χ2n) is 5.34. The maximum atomic E-state index is 11.5. The van der Waals surface area contributed by atoms with E-state index in [2.05, 4.69) is 5.32 Å². The molecule has 0 bridgehead atoms. The Kier molecular flexibility index (Phi) is 4.32. The topological polar surface area (TPSA) is 83.5 Å². The molecular weight excluding hydrogens is 278 g/mol. The van der Waals surface area contributed by atoms with Crippen LogP contribution in [0, 0.1) is 5.92 Å². The molecule has 20 heavy (non-hydrogen) atoms. The zero-order chi connectivity index (χ0) is 14.8. The van der Waals surface area contributed by atoms with Gasteiger partial charge in [0.05, 0.1) is 10.8 Å². The van der Waals surface area contributed by atoms with E-state index < -0.39 is 15.8 Å². The van der Waals surface area contributed by atoms with Gasteiger partial charge >= 0.3 is 5.97 Å². The fraction of sp³-hybridized carbons (Fsp3) is 0.500. The number of anilines is 1. The third kappa shape index (κ3) is 3.72. The SMILES string of the molecule is CS(=O)(=O)c1cccc(NC2CCCC(C(=O)O)C2)c1. The van der Waals surface area contributed by atoms with Crippen molar-refractivity contribution >= 4 is 21.5 Å². The molecule has 1 fully saturated rings. The maximum absolute atomic E-state index is 11.5. The summed E-state index contributed by atoms with van der Waals surface area (Å²) in [6, 6.07) is 6.73. The molecule has 0 radical (unpaired) electrons. The number of aliphatic carboxylic acids is 1. The van der Waals surface area contributed by atoms with E-state index in [1.807, 2.05) is 0 Å².